The molecule has 0 spiro atoms. The van der Waals surface area contributed by atoms with E-state index < -0.39 is 5.82 Å². The van der Waals surface area contributed by atoms with Crippen LogP contribution in [0.15, 0.2) is 61.3 Å². The standard InChI is InChI=1S/C28H26FN9O3/c1-15(2)37(28(41)26-32-14-33-36-26)10-4-5-23-24(16(3)39)25(30)38-27(35-23)20(13-34-38)17-6-9-22(31-12-17)19-8-7-18(40)11-21(19)29/h4,6-15,40H,5,30H2,1-3H3,(H,32,33,36)/b10-4-. The molecule has 0 atom stereocenters. The van der Waals surface area contributed by atoms with Gasteiger partial charge in [0.15, 0.2) is 11.4 Å². The molecule has 5 aromatic rings. The number of halogens is 1. The fraction of sp³-hybridized carbons (Fsp3) is 0.179. The van der Waals surface area contributed by atoms with E-state index in [4.69, 9.17) is 10.7 Å². The van der Waals surface area contributed by atoms with E-state index in [9.17, 15) is 19.1 Å². The van der Waals surface area contributed by atoms with Crippen LogP contribution in [0.2, 0.25) is 0 Å². The first-order valence-corrected chi connectivity index (χ1v) is 12.6. The van der Waals surface area contributed by atoms with E-state index in [1.54, 1.807) is 36.8 Å². The monoisotopic (exact) mass is 555 g/mol. The highest BCUT2D eigenvalue weighted by Crippen LogP contribution is 2.30. The number of rotatable bonds is 8. The summed E-state index contributed by atoms with van der Waals surface area (Å²) >= 11 is 0. The molecule has 0 fully saturated rings. The number of pyridine rings is 1. The molecule has 0 radical (unpaired) electrons. The van der Waals surface area contributed by atoms with Crippen molar-refractivity contribution in [3.05, 3.63) is 84.2 Å². The maximum Gasteiger partial charge on any atom is 0.295 e. The number of nitrogens with one attached hydrogen (secondary N) is 1. The number of aromatic amines is 1. The number of allylic oxidation sites excluding steroid dienone is 1. The number of H-pyrrole nitrogens is 1. The molecule has 0 saturated heterocycles. The summed E-state index contributed by atoms with van der Waals surface area (Å²) in [6, 6.07) is 7.08. The van der Waals surface area contributed by atoms with Gasteiger partial charge in [0.25, 0.3) is 5.91 Å². The van der Waals surface area contributed by atoms with Crippen LogP contribution in [-0.4, -0.2) is 62.5 Å². The number of nitrogens with two attached hydrogens (primary N) is 1. The second kappa shape index (κ2) is 11.0. The number of aromatic nitrogens is 7. The first kappa shape index (κ1) is 27.1. The number of carbonyl (C=O) groups is 2. The van der Waals surface area contributed by atoms with Gasteiger partial charge in [0.2, 0.25) is 5.82 Å². The van der Waals surface area contributed by atoms with Crippen molar-refractivity contribution in [2.75, 3.05) is 5.73 Å². The minimum Gasteiger partial charge on any atom is -0.508 e. The molecule has 13 heteroatoms. The smallest absolute Gasteiger partial charge is 0.295 e. The Morgan fingerprint density at radius 1 is 1.20 bits per heavy atom. The Hall–Kier alpha value is -5.46. The predicted molar refractivity (Wildman–Crippen MR) is 148 cm³/mol. The number of nitrogens with zero attached hydrogens (tertiary/aromatic N) is 7. The molecule has 208 valence electrons. The molecule has 4 heterocycles. The largest absolute Gasteiger partial charge is 0.508 e. The van der Waals surface area contributed by atoms with Gasteiger partial charge in [-0.15, -0.1) is 10.2 Å². The highest BCUT2D eigenvalue weighted by molar-refractivity contribution is 6.00. The molecule has 5 rings (SSSR count). The molecule has 0 aliphatic heterocycles. The van der Waals surface area contributed by atoms with Gasteiger partial charge in [-0.05, 0) is 39.0 Å². The van der Waals surface area contributed by atoms with Crippen LogP contribution in [-0.2, 0) is 6.42 Å². The van der Waals surface area contributed by atoms with Crippen LogP contribution in [0, 0.1) is 5.82 Å². The molecule has 0 saturated carbocycles. The minimum atomic E-state index is -0.594. The second-order valence-electron chi connectivity index (χ2n) is 9.50. The lowest BCUT2D eigenvalue weighted by Crippen LogP contribution is -2.33. The van der Waals surface area contributed by atoms with Gasteiger partial charge in [-0.1, -0.05) is 12.1 Å². The minimum absolute atomic E-state index is 0.105. The number of hydrogen-bond acceptors (Lipinski definition) is 9. The summed E-state index contributed by atoms with van der Waals surface area (Å²) in [4.78, 5) is 38.7. The van der Waals surface area contributed by atoms with Crippen LogP contribution in [0.4, 0.5) is 10.2 Å². The Kier molecular flexibility index (Phi) is 7.25. The third-order valence-electron chi connectivity index (χ3n) is 6.40. The Morgan fingerprint density at radius 3 is 2.63 bits per heavy atom. The third-order valence-corrected chi connectivity index (χ3v) is 6.40. The van der Waals surface area contributed by atoms with Crippen LogP contribution < -0.4 is 5.73 Å². The number of benzene rings is 1. The fourth-order valence-corrected chi connectivity index (χ4v) is 4.41. The lowest BCUT2D eigenvalue weighted by Gasteiger charge is -2.21. The van der Waals surface area contributed by atoms with E-state index in [2.05, 4.69) is 25.3 Å². The summed E-state index contributed by atoms with van der Waals surface area (Å²) in [6.07, 6.45) is 7.99. The number of amides is 1. The molecule has 4 N–H and O–H groups in total. The predicted octanol–water partition coefficient (Wildman–Crippen LogP) is 3.81. The number of fused-ring (bicyclic) bond motifs is 1. The molecule has 0 unspecified atom stereocenters. The number of Topliss-reactive ketones (excluding diaryl/α,β-unsaturated/α-hetero) is 1. The first-order valence-electron chi connectivity index (χ1n) is 12.6. The van der Waals surface area contributed by atoms with Crippen molar-refractivity contribution in [3.8, 4) is 28.1 Å². The lowest BCUT2D eigenvalue weighted by molar-refractivity contribution is 0.0775. The zero-order valence-electron chi connectivity index (χ0n) is 22.4. The summed E-state index contributed by atoms with van der Waals surface area (Å²) in [5.41, 5.74) is 9.31. The molecule has 12 nitrogen and oxygen atoms in total. The average Bonchev–Trinajstić information content (AvgIpc) is 3.62. The normalized spacial score (nSPS) is 11.5. The van der Waals surface area contributed by atoms with Crippen LogP contribution >= 0.6 is 0 Å². The second-order valence-corrected chi connectivity index (χ2v) is 9.50. The van der Waals surface area contributed by atoms with Crippen molar-refractivity contribution in [1.29, 1.82) is 0 Å². The van der Waals surface area contributed by atoms with E-state index >= 15 is 0 Å². The summed E-state index contributed by atoms with van der Waals surface area (Å²) in [5.74, 6) is -1.17. The van der Waals surface area contributed by atoms with E-state index in [0.717, 1.165) is 6.07 Å². The maximum atomic E-state index is 14.3. The quantitative estimate of drug-likeness (QED) is 0.241. The van der Waals surface area contributed by atoms with Crippen LogP contribution in [0.1, 0.15) is 47.4 Å². The Morgan fingerprint density at radius 2 is 2.00 bits per heavy atom. The van der Waals surface area contributed by atoms with E-state index in [1.807, 2.05) is 13.8 Å². The first-order chi connectivity index (χ1) is 19.7. The SMILES string of the molecule is CC(=O)c1c(C/C=C\N(C(=O)c2nnc[nH]2)C(C)C)nc2c(-c3ccc(-c4ccc(O)cc4F)nc3)cnn2c1N. The van der Waals surface area contributed by atoms with E-state index in [-0.39, 0.29) is 52.7 Å². The highest BCUT2D eigenvalue weighted by atomic mass is 19.1. The van der Waals surface area contributed by atoms with Crippen LogP contribution in [0.3, 0.4) is 0 Å². The summed E-state index contributed by atoms with van der Waals surface area (Å²) in [5, 5.41) is 21.3. The van der Waals surface area contributed by atoms with Gasteiger partial charge in [0, 0.05) is 47.6 Å². The van der Waals surface area contributed by atoms with Crippen molar-refractivity contribution < 1.29 is 19.1 Å². The van der Waals surface area contributed by atoms with Crippen molar-refractivity contribution >= 4 is 23.2 Å². The number of hydrogen-bond donors (Lipinski definition) is 3. The molecule has 1 amide bonds. The Labute approximate surface area is 233 Å². The molecular formula is C28H26FN9O3. The maximum absolute atomic E-state index is 14.3. The number of ketones is 1. The van der Waals surface area contributed by atoms with Crippen LogP contribution in [0.25, 0.3) is 28.0 Å². The zero-order valence-corrected chi connectivity index (χ0v) is 22.4. The Balaban J connectivity index is 1.49. The van der Waals surface area contributed by atoms with Gasteiger partial charge in [0.05, 0.1) is 23.1 Å². The number of carbonyl (C=O) groups excluding carboxylic acids is 2. The van der Waals surface area contributed by atoms with Gasteiger partial charge < -0.3 is 20.7 Å². The molecular weight excluding hydrogens is 529 g/mol. The number of nitrogen functional groups attached to an aromatic ring is 1. The van der Waals surface area contributed by atoms with Gasteiger partial charge >= 0.3 is 0 Å². The van der Waals surface area contributed by atoms with Crippen molar-refractivity contribution in [2.24, 2.45) is 0 Å². The number of phenols is 1. The average molecular weight is 556 g/mol. The molecule has 0 aliphatic carbocycles. The summed E-state index contributed by atoms with van der Waals surface area (Å²) < 4.78 is 15.7. The van der Waals surface area contributed by atoms with Gasteiger partial charge in [-0.25, -0.2) is 9.37 Å². The molecule has 0 bridgehead atoms. The van der Waals surface area contributed by atoms with Crippen LogP contribution in [0.5, 0.6) is 5.75 Å². The fourth-order valence-electron chi connectivity index (χ4n) is 4.41. The third kappa shape index (κ3) is 5.24. The highest BCUT2D eigenvalue weighted by Gasteiger charge is 2.22. The van der Waals surface area contributed by atoms with Crippen molar-refractivity contribution in [3.63, 3.8) is 0 Å². The zero-order chi connectivity index (χ0) is 29.3. The van der Waals surface area contributed by atoms with E-state index in [1.165, 1.54) is 34.8 Å². The summed E-state index contributed by atoms with van der Waals surface area (Å²) in [7, 11) is 0. The lowest BCUT2D eigenvalue weighted by atomic mass is 10.1. The molecule has 4 aromatic heterocycles. The Bertz CT molecular complexity index is 1780. The summed E-state index contributed by atoms with van der Waals surface area (Å²) in [6.45, 7) is 5.11. The van der Waals surface area contributed by atoms with Gasteiger partial charge in [-0.2, -0.15) is 9.61 Å². The number of anilines is 1. The molecule has 1 aromatic carbocycles. The number of phenolic OH excluding ortho intramolecular Hbond substituents is 1. The number of aromatic hydroxyl groups is 1. The van der Waals surface area contributed by atoms with E-state index in [0.29, 0.717) is 28.2 Å². The topological polar surface area (TPSA) is 168 Å². The molecule has 41 heavy (non-hydrogen) atoms. The molecule has 0 aliphatic rings. The van der Waals surface area contributed by atoms with Crippen molar-refractivity contribution in [1.82, 2.24) is 39.7 Å². The van der Waals surface area contributed by atoms with Gasteiger partial charge in [0.1, 0.15) is 23.7 Å². The van der Waals surface area contributed by atoms with Gasteiger partial charge in [-0.3, -0.25) is 14.6 Å². The van der Waals surface area contributed by atoms with Crippen molar-refractivity contribution in [2.45, 2.75) is 33.2 Å².